The summed E-state index contributed by atoms with van der Waals surface area (Å²) in [7, 11) is 9.35. The van der Waals surface area contributed by atoms with Gasteiger partial charge in [0, 0.05) is 102 Å². The highest BCUT2D eigenvalue weighted by atomic mass is 16.5. The Kier molecular flexibility index (Phi) is 15.1. The van der Waals surface area contributed by atoms with Crippen LogP contribution in [-0.2, 0) is 87.9 Å². The summed E-state index contributed by atoms with van der Waals surface area (Å²) in [6.45, 7) is 6.85. The first kappa shape index (κ1) is 40.3. The van der Waals surface area contributed by atoms with Crippen molar-refractivity contribution in [2.75, 3.05) is 42.7 Å². The third kappa shape index (κ3) is 9.53. The summed E-state index contributed by atoms with van der Waals surface area (Å²) in [6, 6.07) is 11.6. The summed E-state index contributed by atoms with van der Waals surface area (Å²) in [5.41, 5.74) is 5.07. The number of ether oxygens (including phenoxy) is 9. The zero-order valence-electron chi connectivity index (χ0n) is 30.6. The maximum Gasteiger partial charge on any atom is 0.308 e. The molecular formula is C38H48O12. The molecule has 0 unspecified atom stereocenters. The molecule has 3 rings (SSSR count). The fourth-order valence-corrected chi connectivity index (χ4v) is 6.03. The van der Waals surface area contributed by atoms with Gasteiger partial charge in [0.05, 0.1) is 39.6 Å². The topological polar surface area (TPSA) is 134 Å². The standard InChI is InChI=1S/C38H48O12/c1-23(39)48-35-26(17-42-5)11-32(12-27(35)18-43-6)38(4,33-13-28(19-44-7)36(49-24(2)40)29(14-33)20-45-8)34-15-30(21-46-9)37(50-25(3)41)31(16-34)22-47-10/h11-16H,17-22H2,1-10H3. The number of benzene rings is 3. The fraction of sp³-hybridized carbons (Fsp3) is 0.447. The summed E-state index contributed by atoms with van der Waals surface area (Å²) in [6.07, 6.45) is 0. The van der Waals surface area contributed by atoms with Crippen molar-refractivity contribution in [2.24, 2.45) is 0 Å². The average Bonchev–Trinajstić information content (AvgIpc) is 3.04. The number of esters is 3. The van der Waals surface area contributed by atoms with Crippen molar-refractivity contribution in [2.45, 2.75) is 72.8 Å². The van der Waals surface area contributed by atoms with E-state index in [0.29, 0.717) is 50.6 Å². The van der Waals surface area contributed by atoms with Gasteiger partial charge in [-0.25, -0.2) is 0 Å². The van der Waals surface area contributed by atoms with Crippen molar-refractivity contribution in [1.29, 1.82) is 0 Å². The molecule has 0 bridgehead atoms. The van der Waals surface area contributed by atoms with Gasteiger partial charge in [-0.15, -0.1) is 0 Å². The molecule has 0 spiro atoms. The molecule has 0 radical (unpaired) electrons. The Labute approximate surface area is 293 Å². The van der Waals surface area contributed by atoms with Gasteiger partial charge in [-0.3, -0.25) is 14.4 Å². The molecule has 0 aliphatic carbocycles. The zero-order valence-corrected chi connectivity index (χ0v) is 30.6. The van der Waals surface area contributed by atoms with Crippen LogP contribution in [0.15, 0.2) is 36.4 Å². The highest BCUT2D eigenvalue weighted by molar-refractivity contribution is 5.73. The van der Waals surface area contributed by atoms with E-state index in [9.17, 15) is 14.4 Å². The summed E-state index contributed by atoms with van der Waals surface area (Å²) < 4.78 is 50.6. The van der Waals surface area contributed by atoms with E-state index in [4.69, 9.17) is 42.6 Å². The lowest BCUT2D eigenvalue weighted by molar-refractivity contribution is -0.133. The number of hydrogen-bond donors (Lipinski definition) is 0. The van der Waals surface area contributed by atoms with Crippen molar-refractivity contribution in [3.63, 3.8) is 0 Å². The Morgan fingerprint density at radius 1 is 0.420 bits per heavy atom. The molecule has 0 heterocycles. The highest BCUT2D eigenvalue weighted by Gasteiger charge is 2.36. The van der Waals surface area contributed by atoms with E-state index >= 15 is 0 Å². The summed E-state index contributed by atoms with van der Waals surface area (Å²) in [5, 5.41) is 0. The highest BCUT2D eigenvalue weighted by Crippen LogP contribution is 2.46. The molecule has 0 aliphatic rings. The molecule has 0 saturated heterocycles. The maximum atomic E-state index is 12.2. The third-order valence-corrected chi connectivity index (χ3v) is 8.00. The second kappa shape index (κ2) is 18.7. The fourth-order valence-electron chi connectivity index (χ4n) is 6.03. The number of methoxy groups -OCH3 is 6. The minimum atomic E-state index is -1.00. The van der Waals surface area contributed by atoms with Crippen LogP contribution in [-0.4, -0.2) is 60.6 Å². The first-order valence-corrected chi connectivity index (χ1v) is 15.9. The Bertz CT molecular complexity index is 1390. The molecule has 0 N–H and O–H groups in total. The molecule has 3 aromatic rings. The van der Waals surface area contributed by atoms with Gasteiger partial charge in [0.2, 0.25) is 0 Å². The normalized spacial score (nSPS) is 11.4. The first-order chi connectivity index (χ1) is 23.9. The number of hydrogen-bond acceptors (Lipinski definition) is 12. The molecule has 0 atom stereocenters. The van der Waals surface area contributed by atoms with Crippen LogP contribution in [0.25, 0.3) is 0 Å². The predicted molar refractivity (Wildman–Crippen MR) is 183 cm³/mol. The van der Waals surface area contributed by atoms with E-state index in [0.717, 1.165) is 16.7 Å². The number of carbonyl (C=O) groups excluding carboxylic acids is 3. The van der Waals surface area contributed by atoms with Crippen molar-refractivity contribution < 1.29 is 57.0 Å². The molecule has 0 amide bonds. The van der Waals surface area contributed by atoms with Crippen LogP contribution in [0.2, 0.25) is 0 Å². The monoisotopic (exact) mass is 696 g/mol. The summed E-state index contributed by atoms with van der Waals surface area (Å²) >= 11 is 0. The quantitative estimate of drug-likeness (QED) is 0.0918. The molecule has 3 aromatic carbocycles. The van der Waals surface area contributed by atoms with E-state index in [-0.39, 0.29) is 39.6 Å². The Morgan fingerprint density at radius 2 is 0.600 bits per heavy atom. The zero-order chi connectivity index (χ0) is 37.0. The Balaban J connectivity index is 2.62. The number of rotatable bonds is 18. The van der Waals surface area contributed by atoms with Crippen LogP contribution in [0.1, 0.15) is 77.8 Å². The smallest absolute Gasteiger partial charge is 0.308 e. The molecule has 0 aromatic heterocycles. The van der Waals surface area contributed by atoms with Gasteiger partial charge in [-0.05, 0) is 60.0 Å². The van der Waals surface area contributed by atoms with Crippen LogP contribution in [0.3, 0.4) is 0 Å². The molecule has 272 valence electrons. The SMILES string of the molecule is COCc1cc(C(C)(c2cc(COC)c(OC(C)=O)c(COC)c2)c2cc(COC)c(OC(C)=O)c(COC)c2)cc(COC)c1OC(C)=O. The molecule has 12 nitrogen and oxygen atoms in total. The van der Waals surface area contributed by atoms with E-state index < -0.39 is 23.3 Å². The molecule has 0 saturated carbocycles. The van der Waals surface area contributed by atoms with Crippen LogP contribution >= 0.6 is 0 Å². The van der Waals surface area contributed by atoms with Crippen molar-refractivity contribution in [3.8, 4) is 17.2 Å². The van der Waals surface area contributed by atoms with E-state index in [2.05, 4.69) is 0 Å². The van der Waals surface area contributed by atoms with Gasteiger partial charge in [-0.1, -0.05) is 0 Å². The molecule has 50 heavy (non-hydrogen) atoms. The summed E-state index contributed by atoms with van der Waals surface area (Å²) in [4.78, 5) is 36.7. The molecule has 0 aliphatic heterocycles. The minimum absolute atomic E-state index is 0.133. The van der Waals surface area contributed by atoms with Gasteiger partial charge < -0.3 is 42.6 Å². The first-order valence-electron chi connectivity index (χ1n) is 15.9. The average molecular weight is 697 g/mol. The largest absolute Gasteiger partial charge is 0.426 e. The molecule has 12 heteroatoms. The van der Waals surface area contributed by atoms with Crippen molar-refractivity contribution in [1.82, 2.24) is 0 Å². The second-order valence-corrected chi connectivity index (χ2v) is 11.9. The van der Waals surface area contributed by atoms with Gasteiger partial charge in [0.25, 0.3) is 0 Å². The Morgan fingerprint density at radius 3 is 0.740 bits per heavy atom. The lowest BCUT2D eigenvalue weighted by Crippen LogP contribution is -2.28. The third-order valence-electron chi connectivity index (χ3n) is 8.00. The van der Waals surface area contributed by atoms with E-state index in [1.807, 2.05) is 43.3 Å². The minimum Gasteiger partial charge on any atom is -0.426 e. The maximum absolute atomic E-state index is 12.2. The van der Waals surface area contributed by atoms with Crippen LogP contribution < -0.4 is 14.2 Å². The second-order valence-electron chi connectivity index (χ2n) is 11.9. The molecular weight excluding hydrogens is 648 g/mol. The van der Waals surface area contributed by atoms with Crippen molar-refractivity contribution >= 4 is 17.9 Å². The Hall–Kier alpha value is -4.17. The lowest BCUT2D eigenvalue weighted by atomic mass is 9.69. The lowest BCUT2D eigenvalue weighted by Gasteiger charge is -2.35. The van der Waals surface area contributed by atoms with Crippen LogP contribution in [0.5, 0.6) is 17.2 Å². The van der Waals surface area contributed by atoms with Gasteiger partial charge in [0.1, 0.15) is 17.2 Å². The van der Waals surface area contributed by atoms with Crippen LogP contribution in [0, 0.1) is 0 Å². The molecule has 0 fully saturated rings. The van der Waals surface area contributed by atoms with Gasteiger partial charge in [-0.2, -0.15) is 0 Å². The van der Waals surface area contributed by atoms with E-state index in [1.54, 1.807) is 42.7 Å². The van der Waals surface area contributed by atoms with Crippen molar-refractivity contribution in [3.05, 3.63) is 86.5 Å². The predicted octanol–water partition coefficient (Wildman–Crippen LogP) is 5.70. The number of carbonyl (C=O) groups is 3. The van der Waals surface area contributed by atoms with Gasteiger partial charge >= 0.3 is 17.9 Å². The summed E-state index contributed by atoms with van der Waals surface area (Å²) in [5.74, 6) is -0.411. The van der Waals surface area contributed by atoms with Gasteiger partial charge in [0.15, 0.2) is 0 Å². The van der Waals surface area contributed by atoms with E-state index in [1.165, 1.54) is 20.8 Å². The van der Waals surface area contributed by atoms with Crippen LogP contribution in [0.4, 0.5) is 0 Å².